The minimum atomic E-state index is -0.316. The number of nitrogens with zero attached hydrogens (tertiary/aromatic N) is 1. The smallest absolute Gasteiger partial charge is 0.233 e. The van der Waals surface area contributed by atoms with Gasteiger partial charge in [-0.05, 0) is 48.9 Å². The van der Waals surface area contributed by atoms with Crippen LogP contribution < -0.4 is 5.73 Å². The first-order valence-electron chi connectivity index (χ1n) is 8.25. The maximum Gasteiger partial charge on any atom is 0.233 e. The summed E-state index contributed by atoms with van der Waals surface area (Å²) < 4.78 is 1.05. The van der Waals surface area contributed by atoms with E-state index in [-0.39, 0.29) is 23.2 Å². The van der Waals surface area contributed by atoms with Crippen LogP contribution in [0.15, 0.2) is 28.7 Å². The first-order valence-corrected chi connectivity index (χ1v) is 9.04. The molecule has 2 aliphatic rings. The van der Waals surface area contributed by atoms with Crippen molar-refractivity contribution in [3.05, 3.63) is 34.3 Å². The zero-order valence-corrected chi connectivity index (χ0v) is 16.1. The van der Waals surface area contributed by atoms with Gasteiger partial charge in [-0.1, -0.05) is 47.8 Å². The molecule has 2 fully saturated rings. The van der Waals surface area contributed by atoms with Gasteiger partial charge in [-0.15, -0.1) is 12.4 Å². The summed E-state index contributed by atoms with van der Waals surface area (Å²) in [7, 11) is 0. The lowest BCUT2D eigenvalue weighted by atomic mass is 9.77. The zero-order valence-electron chi connectivity index (χ0n) is 13.7. The summed E-state index contributed by atoms with van der Waals surface area (Å²) >= 11 is 3.55. The average Bonchev–Trinajstić information content (AvgIpc) is 3.15. The Bertz CT molecular complexity index is 574. The number of carbonyl (C=O) groups is 1. The molecule has 0 spiro atoms. The fourth-order valence-corrected chi connectivity index (χ4v) is 4.46. The van der Waals surface area contributed by atoms with E-state index in [1.54, 1.807) is 0 Å². The number of amides is 1. The molecule has 0 bridgehead atoms. The molecule has 5 heteroatoms. The SMILES string of the molecule is CC1(CN)CCN(C(=O)C2(c3cccc(Br)c3)CCCC2)C1.Cl. The molecule has 1 amide bonds. The molecule has 1 heterocycles. The Labute approximate surface area is 153 Å². The van der Waals surface area contributed by atoms with Crippen molar-refractivity contribution in [3.63, 3.8) is 0 Å². The van der Waals surface area contributed by atoms with Gasteiger partial charge in [0.15, 0.2) is 0 Å². The average molecular weight is 402 g/mol. The predicted octanol–water partition coefficient (Wildman–Crippen LogP) is 3.88. The zero-order chi connectivity index (χ0) is 15.8. The van der Waals surface area contributed by atoms with Crippen molar-refractivity contribution in [3.8, 4) is 0 Å². The summed E-state index contributed by atoms with van der Waals surface area (Å²) in [5, 5.41) is 0. The second-order valence-corrected chi connectivity index (χ2v) is 8.21. The van der Waals surface area contributed by atoms with Gasteiger partial charge in [0.1, 0.15) is 0 Å². The normalized spacial score (nSPS) is 26.1. The van der Waals surface area contributed by atoms with Crippen LogP contribution in [-0.4, -0.2) is 30.4 Å². The number of carbonyl (C=O) groups excluding carboxylic acids is 1. The quantitative estimate of drug-likeness (QED) is 0.835. The molecule has 1 aromatic rings. The molecule has 23 heavy (non-hydrogen) atoms. The Balaban J connectivity index is 0.00000192. The second kappa shape index (κ2) is 7.12. The molecule has 0 aromatic heterocycles. The van der Waals surface area contributed by atoms with Gasteiger partial charge in [-0.25, -0.2) is 0 Å². The van der Waals surface area contributed by atoms with E-state index in [4.69, 9.17) is 5.73 Å². The monoisotopic (exact) mass is 400 g/mol. The van der Waals surface area contributed by atoms with E-state index < -0.39 is 0 Å². The van der Waals surface area contributed by atoms with Crippen LogP contribution in [-0.2, 0) is 10.2 Å². The molecule has 3 rings (SSSR count). The van der Waals surface area contributed by atoms with Crippen LogP contribution in [0.4, 0.5) is 0 Å². The van der Waals surface area contributed by atoms with Crippen molar-refractivity contribution in [2.45, 2.75) is 44.4 Å². The van der Waals surface area contributed by atoms with Gasteiger partial charge in [0.2, 0.25) is 5.91 Å². The number of halogens is 2. The van der Waals surface area contributed by atoms with Gasteiger partial charge in [0.05, 0.1) is 5.41 Å². The van der Waals surface area contributed by atoms with E-state index in [9.17, 15) is 4.79 Å². The van der Waals surface area contributed by atoms with E-state index in [1.165, 1.54) is 5.56 Å². The highest BCUT2D eigenvalue weighted by molar-refractivity contribution is 9.10. The van der Waals surface area contributed by atoms with Crippen molar-refractivity contribution < 1.29 is 4.79 Å². The Kier molecular flexibility index (Phi) is 5.81. The van der Waals surface area contributed by atoms with Crippen LogP contribution in [0.3, 0.4) is 0 Å². The maximum atomic E-state index is 13.4. The van der Waals surface area contributed by atoms with Crippen molar-refractivity contribution in [2.75, 3.05) is 19.6 Å². The van der Waals surface area contributed by atoms with Crippen molar-refractivity contribution in [2.24, 2.45) is 11.1 Å². The number of nitrogens with two attached hydrogens (primary N) is 1. The lowest BCUT2D eigenvalue weighted by Gasteiger charge is -2.34. The lowest BCUT2D eigenvalue weighted by molar-refractivity contribution is -0.136. The molecule has 0 radical (unpaired) electrons. The lowest BCUT2D eigenvalue weighted by Crippen LogP contribution is -2.45. The Morgan fingerprint density at radius 1 is 1.30 bits per heavy atom. The van der Waals surface area contributed by atoms with E-state index in [1.807, 2.05) is 12.1 Å². The van der Waals surface area contributed by atoms with Crippen LogP contribution in [0.5, 0.6) is 0 Å². The molecule has 1 saturated heterocycles. The molecule has 1 unspecified atom stereocenters. The van der Waals surface area contributed by atoms with Crippen molar-refractivity contribution in [1.82, 2.24) is 4.90 Å². The Hall–Kier alpha value is -0.580. The molecule has 1 aliphatic heterocycles. The summed E-state index contributed by atoms with van der Waals surface area (Å²) in [6.45, 7) is 4.50. The van der Waals surface area contributed by atoms with Gasteiger partial charge in [0.25, 0.3) is 0 Å². The molecular formula is C18H26BrClN2O. The third-order valence-electron chi connectivity index (χ3n) is 5.58. The third kappa shape index (κ3) is 3.45. The highest BCUT2D eigenvalue weighted by Gasteiger charge is 2.47. The van der Waals surface area contributed by atoms with E-state index in [2.05, 4.69) is 39.9 Å². The summed E-state index contributed by atoms with van der Waals surface area (Å²) in [5.41, 5.74) is 6.85. The number of benzene rings is 1. The third-order valence-corrected chi connectivity index (χ3v) is 6.07. The predicted molar refractivity (Wildman–Crippen MR) is 99.9 cm³/mol. The first-order chi connectivity index (χ1) is 10.5. The van der Waals surface area contributed by atoms with Crippen molar-refractivity contribution >= 4 is 34.2 Å². The molecule has 1 atom stereocenters. The number of likely N-dealkylation sites (tertiary alicyclic amines) is 1. The fraction of sp³-hybridized carbons (Fsp3) is 0.611. The van der Waals surface area contributed by atoms with Crippen LogP contribution >= 0.6 is 28.3 Å². The second-order valence-electron chi connectivity index (χ2n) is 7.29. The Morgan fingerprint density at radius 2 is 2.00 bits per heavy atom. The molecule has 2 N–H and O–H groups in total. The van der Waals surface area contributed by atoms with Crippen LogP contribution in [0, 0.1) is 5.41 Å². The summed E-state index contributed by atoms with van der Waals surface area (Å²) in [4.78, 5) is 15.4. The maximum absolute atomic E-state index is 13.4. The molecule has 128 valence electrons. The standard InChI is InChI=1S/C18H25BrN2O.ClH/c1-17(12-20)9-10-21(13-17)16(22)18(7-2-3-8-18)14-5-4-6-15(19)11-14;/h4-6,11H,2-3,7-10,12-13,20H2,1H3;1H. The highest BCUT2D eigenvalue weighted by Crippen LogP contribution is 2.44. The highest BCUT2D eigenvalue weighted by atomic mass is 79.9. The van der Waals surface area contributed by atoms with Crippen molar-refractivity contribution in [1.29, 1.82) is 0 Å². The molecule has 1 aliphatic carbocycles. The Morgan fingerprint density at radius 3 is 2.57 bits per heavy atom. The number of rotatable bonds is 3. The van der Waals surface area contributed by atoms with Crippen LogP contribution in [0.2, 0.25) is 0 Å². The van der Waals surface area contributed by atoms with Gasteiger partial charge in [-0.2, -0.15) is 0 Å². The van der Waals surface area contributed by atoms with Crippen LogP contribution in [0.25, 0.3) is 0 Å². The molecular weight excluding hydrogens is 376 g/mol. The number of hydrogen-bond donors (Lipinski definition) is 1. The molecule has 3 nitrogen and oxygen atoms in total. The molecule has 1 aromatic carbocycles. The summed E-state index contributed by atoms with van der Waals surface area (Å²) in [5.74, 6) is 0.320. The van der Waals surface area contributed by atoms with Gasteiger partial charge < -0.3 is 10.6 Å². The van der Waals surface area contributed by atoms with Gasteiger partial charge in [-0.3, -0.25) is 4.79 Å². The topological polar surface area (TPSA) is 46.3 Å². The van der Waals surface area contributed by atoms with Gasteiger partial charge in [0, 0.05) is 17.6 Å². The molecule has 1 saturated carbocycles. The summed E-state index contributed by atoms with van der Waals surface area (Å²) in [6, 6.07) is 8.31. The van der Waals surface area contributed by atoms with E-state index >= 15 is 0 Å². The first kappa shape index (κ1) is 18.8. The minimum absolute atomic E-state index is 0. The number of hydrogen-bond acceptors (Lipinski definition) is 2. The summed E-state index contributed by atoms with van der Waals surface area (Å²) in [6.07, 6.45) is 5.24. The minimum Gasteiger partial charge on any atom is -0.341 e. The largest absolute Gasteiger partial charge is 0.341 e. The van der Waals surface area contributed by atoms with E-state index in [0.29, 0.717) is 12.5 Å². The van der Waals surface area contributed by atoms with E-state index in [0.717, 1.165) is 49.7 Å². The van der Waals surface area contributed by atoms with Crippen LogP contribution in [0.1, 0.15) is 44.6 Å². The fourth-order valence-electron chi connectivity index (χ4n) is 4.06. The van der Waals surface area contributed by atoms with Gasteiger partial charge >= 0.3 is 0 Å².